The number of hydrogen-bond acceptors (Lipinski definition) is 4. The first kappa shape index (κ1) is 16.0. The lowest BCUT2D eigenvalue weighted by Crippen LogP contribution is -2.37. The first-order chi connectivity index (χ1) is 10.7. The van der Waals surface area contributed by atoms with Crippen LogP contribution in [0.3, 0.4) is 0 Å². The van der Waals surface area contributed by atoms with Gasteiger partial charge in [0.1, 0.15) is 0 Å². The van der Waals surface area contributed by atoms with Crippen molar-refractivity contribution >= 4 is 18.3 Å². The third kappa shape index (κ3) is 2.84. The van der Waals surface area contributed by atoms with E-state index in [-0.39, 0.29) is 18.3 Å². The number of hydrogen-bond donors (Lipinski definition) is 1. The lowest BCUT2D eigenvalue weighted by Gasteiger charge is -2.25. The Hall–Kier alpha value is -1.92. The Kier molecular flexibility index (Phi) is 4.37. The van der Waals surface area contributed by atoms with Crippen molar-refractivity contribution in [2.24, 2.45) is 0 Å². The molecule has 0 spiro atoms. The largest absolute Gasteiger partial charge is 0.334 e. The predicted octanol–water partition coefficient (Wildman–Crippen LogP) is 1.57. The summed E-state index contributed by atoms with van der Waals surface area (Å²) in [7, 11) is 0. The molecule has 2 aromatic rings. The average Bonchev–Trinajstić information content (AvgIpc) is 3.15. The van der Waals surface area contributed by atoms with E-state index in [1.807, 2.05) is 30.0 Å². The van der Waals surface area contributed by atoms with Crippen molar-refractivity contribution in [2.45, 2.75) is 31.8 Å². The molecule has 0 saturated carbocycles. The number of nitrogens with one attached hydrogen (secondary N) is 1. The minimum absolute atomic E-state index is 0. The standard InChI is InChI=1S/C16H19N5O.ClH/c1-11-2-3-15(21-18-6-7-19-21)14(8-11)16(22)20-10-12-9-13(20)4-5-17-12;/h2-3,6-8,12-13,17H,4-5,9-10H2,1H3;1H/t12-,13+;/m1./s1. The molecule has 2 aliphatic heterocycles. The summed E-state index contributed by atoms with van der Waals surface area (Å²) in [5, 5.41) is 11.8. The maximum Gasteiger partial charge on any atom is 0.256 e. The van der Waals surface area contributed by atoms with Crippen LogP contribution in [0.4, 0.5) is 0 Å². The summed E-state index contributed by atoms with van der Waals surface area (Å²) in [4.78, 5) is 16.6. The molecule has 4 rings (SSSR count). The van der Waals surface area contributed by atoms with Crippen LogP contribution in [-0.2, 0) is 0 Å². The van der Waals surface area contributed by atoms with Gasteiger partial charge < -0.3 is 10.2 Å². The zero-order valence-electron chi connectivity index (χ0n) is 13.0. The second-order valence-electron chi connectivity index (χ2n) is 6.13. The van der Waals surface area contributed by atoms with Crippen molar-refractivity contribution in [2.75, 3.05) is 13.1 Å². The van der Waals surface area contributed by atoms with E-state index < -0.39 is 0 Å². The summed E-state index contributed by atoms with van der Waals surface area (Å²) in [6.45, 7) is 3.80. The van der Waals surface area contributed by atoms with Crippen LogP contribution in [0, 0.1) is 6.92 Å². The number of benzene rings is 1. The SMILES string of the molecule is Cc1ccc(-n2nccn2)c(C(=O)N2C[C@H]3C[C@@H]2CCN3)c1.Cl. The molecule has 2 bridgehead atoms. The maximum atomic E-state index is 13.1. The van der Waals surface area contributed by atoms with Gasteiger partial charge in [-0.05, 0) is 38.4 Å². The monoisotopic (exact) mass is 333 g/mol. The molecule has 23 heavy (non-hydrogen) atoms. The van der Waals surface area contributed by atoms with Crippen LogP contribution in [0.2, 0.25) is 0 Å². The number of aryl methyl sites for hydroxylation is 1. The van der Waals surface area contributed by atoms with Gasteiger partial charge >= 0.3 is 0 Å². The summed E-state index contributed by atoms with van der Waals surface area (Å²) in [5.74, 6) is 0.0900. The molecular weight excluding hydrogens is 314 g/mol. The highest BCUT2D eigenvalue weighted by Gasteiger charge is 2.38. The number of fused-ring (bicyclic) bond motifs is 2. The number of nitrogens with zero attached hydrogens (tertiary/aromatic N) is 4. The molecule has 2 aliphatic rings. The third-order valence-electron chi connectivity index (χ3n) is 4.60. The van der Waals surface area contributed by atoms with Gasteiger partial charge in [-0.3, -0.25) is 4.79 Å². The van der Waals surface area contributed by atoms with Crippen molar-refractivity contribution in [1.29, 1.82) is 0 Å². The van der Waals surface area contributed by atoms with Gasteiger partial charge in [-0.15, -0.1) is 12.4 Å². The molecule has 6 nitrogen and oxygen atoms in total. The molecule has 1 N–H and O–H groups in total. The van der Waals surface area contributed by atoms with Crippen molar-refractivity contribution in [1.82, 2.24) is 25.2 Å². The first-order valence-corrected chi connectivity index (χ1v) is 7.74. The van der Waals surface area contributed by atoms with E-state index in [4.69, 9.17) is 0 Å². The van der Waals surface area contributed by atoms with E-state index >= 15 is 0 Å². The van der Waals surface area contributed by atoms with Crippen LogP contribution in [-0.4, -0.2) is 51.0 Å². The van der Waals surface area contributed by atoms with Gasteiger partial charge in [-0.25, -0.2) is 0 Å². The normalized spacial score (nSPS) is 22.7. The number of aromatic nitrogens is 3. The maximum absolute atomic E-state index is 13.1. The molecule has 0 radical (unpaired) electrons. The van der Waals surface area contributed by atoms with Crippen molar-refractivity contribution in [3.05, 3.63) is 41.7 Å². The van der Waals surface area contributed by atoms with E-state index in [1.54, 1.807) is 12.4 Å². The second kappa shape index (κ2) is 6.29. The van der Waals surface area contributed by atoms with Crippen molar-refractivity contribution < 1.29 is 4.79 Å². The van der Waals surface area contributed by atoms with E-state index in [0.29, 0.717) is 17.6 Å². The van der Waals surface area contributed by atoms with Crippen LogP contribution < -0.4 is 5.32 Å². The highest BCUT2D eigenvalue weighted by atomic mass is 35.5. The molecular formula is C16H20ClN5O. The number of carbonyl (C=O) groups excluding carboxylic acids is 1. The van der Waals surface area contributed by atoms with Crippen molar-refractivity contribution in [3.63, 3.8) is 0 Å². The molecule has 2 atom stereocenters. The highest BCUT2D eigenvalue weighted by molar-refractivity contribution is 5.98. The number of rotatable bonds is 2. The summed E-state index contributed by atoms with van der Waals surface area (Å²) in [5.41, 5.74) is 2.50. The Bertz CT molecular complexity index is 703. The quantitative estimate of drug-likeness (QED) is 0.906. The fourth-order valence-electron chi connectivity index (χ4n) is 3.53. The number of halogens is 1. The first-order valence-electron chi connectivity index (χ1n) is 7.74. The minimum Gasteiger partial charge on any atom is -0.334 e. The summed E-state index contributed by atoms with van der Waals surface area (Å²) in [6, 6.07) is 6.65. The number of piperidine rings is 1. The molecule has 0 unspecified atom stereocenters. The average molecular weight is 334 g/mol. The Labute approximate surface area is 141 Å². The van der Waals surface area contributed by atoms with Crippen LogP contribution in [0.1, 0.15) is 28.8 Å². The second-order valence-corrected chi connectivity index (χ2v) is 6.13. The van der Waals surface area contributed by atoms with Gasteiger partial charge in [-0.1, -0.05) is 11.6 Å². The number of likely N-dealkylation sites (tertiary alicyclic amines) is 1. The van der Waals surface area contributed by atoms with Crippen LogP contribution in [0.5, 0.6) is 0 Å². The van der Waals surface area contributed by atoms with Gasteiger partial charge in [0.2, 0.25) is 0 Å². The predicted molar refractivity (Wildman–Crippen MR) is 89.2 cm³/mol. The van der Waals surface area contributed by atoms with Gasteiger partial charge in [-0.2, -0.15) is 15.0 Å². The molecule has 2 saturated heterocycles. The van der Waals surface area contributed by atoms with Crippen molar-refractivity contribution in [3.8, 4) is 5.69 Å². The van der Waals surface area contributed by atoms with Crippen LogP contribution in [0.25, 0.3) is 5.69 Å². The van der Waals surface area contributed by atoms with E-state index in [1.165, 1.54) is 4.80 Å². The molecule has 3 heterocycles. The Morgan fingerprint density at radius 2 is 2.09 bits per heavy atom. The molecule has 1 aromatic carbocycles. The highest BCUT2D eigenvalue weighted by Crippen LogP contribution is 2.27. The Balaban J connectivity index is 0.00000156. The molecule has 7 heteroatoms. The topological polar surface area (TPSA) is 63.1 Å². The lowest BCUT2D eigenvalue weighted by atomic mass is 10.0. The fraction of sp³-hybridized carbons (Fsp3) is 0.438. The molecule has 122 valence electrons. The fourth-order valence-corrected chi connectivity index (χ4v) is 3.53. The smallest absolute Gasteiger partial charge is 0.256 e. The van der Waals surface area contributed by atoms with Crippen LogP contribution in [0.15, 0.2) is 30.6 Å². The van der Waals surface area contributed by atoms with E-state index in [2.05, 4.69) is 15.5 Å². The van der Waals surface area contributed by atoms with Gasteiger partial charge in [0.15, 0.2) is 0 Å². The third-order valence-corrected chi connectivity index (χ3v) is 4.60. The number of carbonyl (C=O) groups is 1. The van der Waals surface area contributed by atoms with Gasteiger partial charge in [0.25, 0.3) is 5.91 Å². The molecule has 1 amide bonds. The Morgan fingerprint density at radius 1 is 1.30 bits per heavy atom. The summed E-state index contributed by atoms with van der Waals surface area (Å²) in [6.07, 6.45) is 5.35. The zero-order valence-corrected chi connectivity index (χ0v) is 13.8. The number of amides is 1. The van der Waals surface area contributed by atoms with Crippen LogP contribution >= 0.6 is 12.4 Å². The molecule has 0 aliphatic carbocycles. The summed E-state index contributed by atoms with van der Waals surface area (Å²) >= 11 is 0. The minimum atomic E-state index is 0. The molecule has 2 fully saturated rings. The zero-order chi connectivity index (χ0) is 15.1. The van der Waals surface area contributed by atoms with Gasteiger partial charge in [0, 0.05) is 18.6 Å². The van der Waals surface area contributed by atoms with E-state index in [0.717, 1.165) is 37.2 Å². The Morgan fingerprint density at radius 3 is 2.83 bits per heavy atom. The lowest BCUT2D eigenvalue weighted by molar-refractivity contribution is 0.0735. The molecule has 1 aromatic heterocycles. The van der Waals surface area contributed by atoms with Gasteiger partial charge in [0.05, 0.1) is 23.6 Å². The van der Waals surface area contributed by atoms with E-state index in [9.17, 15) is 4.79 Å². The summed E-state index contributed by atoms with van der Waals surface area (Å²) < 4.78 is 0.